The molecule has 0 amide bonds. The van der Waals surface area contributed by atoms with E-state index in [1.807, 2.05) is 0 Å². The minimum Gasteiger partial charge on any atom is -0.465 e. The van der Waals surface area contributed by atoms with E-state index in [2.05, 4.69) is 5.16 Å². The summed E-state index contributed by atoms with van der Waals surface area (Å²) in [7, 11) is 0. The van der Waals surface area contributed by atoms with E-state index in [1.165, 1.54) is 12.1 Å². The van der Waals surface area contributed by atoms with Crippen molar-refractivity contribution in [3.05, 3.63) is 35.6 Å². The molecule has 0 saturated heterocycles. The Bertz CT molecular complexity index is 682. The van der Waals surface area contributed by atoms with Gasteiger partial charge in [0.05, 0.1) is 24.8 Å². The van der Waals surface area contributed by atoms with Gasteiger partial charge in [-0.15, -0.1) is 0 Å². The molecule has 25 heavy (non-hydrogen) atoms. The highest BCUT2D eigenvalue weighted by molar-refractivity contribution is 6.12. The van der Waals surface area contributed by atoms with Gasteiger partial charge in [0.15, 0.2) is 5.41 Å². The Labute approximate surface area is 144 Å². The molecule has 1 aliphatic carbocycles. The summed E-state index contributed by atoms with van der Waals surface area (Å²) in [6.45, 7) is 3.95. The summed E-state index contributed by atoms with van der Waals surface area (Å²) in [4.78, 5) is 30.9. The van der Waals surface area contributed by atoms with Crippen LogP contribution in [0.4, 0.5) is 4.39 Å². The van der Waals surface area contributed by atoms with E-state index < -0.39 is 29.1 Å². The van der Waals surface area contributed by atoms with Gasteiger partial charge in [0.1, 0.15) is 12.4 Å². The number of hydrogen-bond acceptors (Lipinski definition) is 6. The SMILES string of the molecule is CCOC(=O)C1(C(=O)OCC)C[C@H]2CON=C2[C@H]1c1ccc(F)cc1. The largest absolute Gasteiger partial charge is 0.465 e. The lowest BCUT2D eigenvalue weighted by Gasteiger charge is -2.31. The second-order valence-corrected chi connectivity index (χ2v) is 6.11. The molecule has 134 valence electrons. The molecule has 2 atom stereocenters. The second kappa shape index (κ2) is 6.82. The summed E-state index contributed by atoms with van der Waals surface area (Å²) < 4.78 is 23.8. The lowest BCUT2D eigenvalue weighted by atomic mass is 9.73. The van der Waals surface area contributed by atoms with Crippen molar-refractivity contribution in [2.45, 2.75) is 26.2 Å². The van der Waals surface area contributed by atoms with Crippen molar-refractivity contribution < 1.29 is 28.3 Å². The van der Waals surface area contributed by atoms with Crippen LogP contribution in [-0.4, -0.2) is 37.5 Å². The summed E-state index contributed by atoms with van der Waals surface area (Å²) in [5.41, 5.74) is -0.320. The van der Waals surface area contributed by atoms with Crippen molar-refractivity contribution in [3.63, 3.8) is 0 Å². The number of fused-ring (bicyclic) bond motifs is 1. The van der Waals surface area contributed by atoms with Crippen LogP contribution in [0, 0.1) is 17.2 Å². The van der Waals surface area contributed by atoms with Gasteiger partial charge in [0, 0.05) is 5.92 Å². The van der Waals surface area contributed by atoms with E-state index in [4.69, 9.17) is 14.3 Å². The maximum Gasteiger partial charge on any atom is 0.324 e. The van der Waals surface area contributed by atoms with Crippen LogP contribution in [0.15, 0.2) is 29.4 Å². The third-order valence-corrected chi connectivity index (χ3v) is 4.70. The minimum atomic E-state index is -1.53. The topological polar surface area (TPSA) is 74.2 Å². The van der Waals surface area contributed by atoms with Crippen LogP contribution in [0.1, 0.15) is 31.7 Å². The minimum absolute atomic E-state index is 0.143. The molecule has 2 aliphatic rings. The number of carbonyl (C=O) groups is 2. The Balaban J connectivity index is 2.14. The van der Waals surface area contributed by atoms with Gasteiger partial charge in [-0.1, -0.05) is 17.3 Å². The zero-order valence-corrected chi connectivity index (χ0v) is 14.2. The third-order valence-electron chi connectivity index (χ3n) is 4.70. The molecule has 3 rings (SSSR count). The lowest BCUT2D eigenvalue weighted by molar-refractivity contribution is -0.173. The zero-order valence-electron chi connectivity index (χ0n) is 14.2. The summed E-state index contributed by atoms with van der Waals surface area (Å²) in [5.74, 6) is -2.55. The molecule has 1 aromatic carbocycles. The summed E-state index contributed by atoms with van der Waals surface area (Å²) in [6.07, 6.45) is 0.200. The van der Waals surface area contributed by atoms with Crippen LogP contribution in [0.2, 0.25) is 0 Å². The number of carbonyl (C=O) groups excluding carboxylic acids is 2. The monoisotopic (exact) mass is 349 g/mol. The number of rotatable bonds is 5. The molecular weight excluding hydrogens is 329 g/mol. The Kier molecular flexibility index (Phi) is 4.74. The maximum atomic E-state index is 13.4. The molecule has 0 aromatic heterocycles. The van der Waals surface area contributed by atoms with Crippen molar-refractivity contribution in [1.82, 2.24) is 0 Å². The number of benzene rings is 1. The van der Waals surface area contributed by atoms with Crippen molar-refractivity contribution in [2.24, 2.45) is 16.5 Å². The Morgan fingerprint density at radius 2 is 1.80 bits per heavy atom. The van der Waals surface area contributed by atoms with E-state index in [0.29, 0.717) is 17.9 Å². The molecule has 6 nitrogen and oxygen atoms in total. The fourth-order valence-electron chi connectivity index (χ4n) is 3.69. The van der Waals surface area contributed by atoms with Gasteiger partial charge in [0.25, 0.3) is 0 Å². The molecule has 0 spiro atoms. The lowest BCUT2D eigenvalue weighted by Crippen LogP contribution is -2.45. The average molecular weight is 349 g/mol. The van der Waals surface area contributed by atoms with Gasteiger partial charge in [-0.25, -0.2) is 4.39 Å². The quantitative estimate of drug-likeness (QED) is 0.603. The predicted octanol–water partition coefficient (Wildman–Crippen LogP) is 2.43. The fraction of sp³-hybridized carbons (Fsp3) is 0.500. The van der Waals surface area contributed by atoms with E-state index >= 15 is 0 Å². The molecule has 1 aromatic rings. The van der Waals surface area contributed by atoms with E-state index in [1.54, 1.807) is 26.0 Å². The molecule has 1 heterocycles. The van der Waals surface area contributed by atoms with Gasteiger partial charge >= 0.3 is 11.9 Å². The third kappa shape index (κ3) is 2.77. The smallest absolute Gasteiger partial charge is 0.324 e. The fourth-order valence-corrected chi connectivity index (χ4v) is 3.69. The number of esters is 2. The van der Waals surface area contributed by atoms with E-state index in [0.717, 1.165) is 0 Å². The van der Waals surface area contributed by atoms with Gasteiger partial charge in [-0.05, 0) is 38.0 Å². The highest BCUT2D eigenvalue weighted by atomic mass is 19.1. The molecule has 7 heteroatoms. The molecule has 0 radical (unpaired) electrons. The van der Waals surface area contributed by atoms with Crippen LogP contribution in [0.5, 0.6) is 0 Å². The van der Waals surface area contributed by atoms with Crippen LogP contribution < -0.4 is 0 Å². The van der Waals surface area contributed by atoms with E-state index in [-0.39, 0.29) is 25.6 Å². The summed E-state index contributed by atoms with van der Waals surface area (Å²) >= 11 is 0. The van der Waals surface area contributed by atoms with Crippen molar-refractivity contribution >= 4 is 17.7 Å². The van der Waals surface area contributed by atoms with Crippen LogP contribution in [0.25, 0.3) is 0 Å². The van der Waals surface area contributed by atoms with Gasteiger partial charge in [0.2, 0.25) is 0 Å². The summed E-state index contributed by atoms with van der Waals surface area (Å²) in [5, 5.41) is 4.07. The molecular formula is C18H20FNO5. The van der Waals surface area contributed by atoms with Crippen LogP contribution in [0.3, 0.4) is 0 Å². The normalized spacial score (nSPS) is 23.4. The maximum absolute atomic E-state index is 13.4. The summed E-state index contributed by atoms with van der Waals surface area (Å²) in [6, 6.07) is 5.69. The number of ether oxygens (including phenoxy) is 2. The average Bonchev–Trinajstić information content (AvgIpc) is 3.15. The number of oxime groups is 1. The molecule has 1 aliphatic heterocycles. The number of nitrogens with zero attached hydrogens (tertiary/aromatic N) is 1. The predicted molar refractivity (Wildman–Crippen MR) is 86.3 cm³/mol. The van der Waals surface area contributed by atoms with Gasteiger partial charge in [-0.3, -0.25) is 9.59 Å². The molecule has 1 saturated carbocycles. The standard InChI is InChI=1S/C18H20FNO5/c1-3-23-16(21)18(17(22)24-4-2)9-12-10-25-20-15(12)14(18)11-5-7-13(19)8-6-11/h5-8,12,14H,3-4,9-10H2,1-2H3/t12-,14+/m0/s1. The van der Waals surface area contributed by atoms with Crippen molar-refractivity contribution in [3.8, 4) is 0 Å². The van der Waals surface area contributed by atoms with Crippen LogP contribution >= 0.6 is 0 Å². The number of halogens is 1. The van der Waals surface area contributed by atoms with Crippen molar-refractivity contribution in [1.29, 1.82) is 0 Å². The van der Waals surface area contributed by atoms with E-state index in [9.17, 15) is 14.0 Å². The molecule has 0 bridgehead atoms. The number of hydrogen-bond donors (Lipinski definition) is 0. The molecule has 0 N–H and O–H groups in total. The second-order valence-electron chi connectivity index (χ2n) is 6.11. The van der Waals surface area contributed by atoms with Gasteiger partial charge in [-0.2, -0.15) is 0 Å². The van der Waals surface area contributed by atoms with Crippen LogP contribution in [-0.2, 0) is 23.9 Å². The zero-order chi connectivity index (χ0) is 18.0. The molecule has 0 unspecified atom stereocenters. The Morgan fingerprint density at radius 3 is 2.36 bits per heavy atom. The highest BCUT2D eigenvalue weighted by Gasteiger charge is 2.65. The molecule has 1 fully saturated rings. The highest BCUT2D eigenvalue weighted by Crippen LogP contribution is 2.53. The first-order chi connectivity index (χ1) is 12.0. The Hall–Kier alpha value is -2.44. The van der Waals surface area contributed by atoms with Gasteiger partial charge < -0.3 is 14.3 Å². The first-order valence-electron chi connectivity index (χ1n) is 8.34. The Morgan fingerprint density at radius 1 is 1.20 bits per heavy atom. The van der Waals surface area contributed by atoms with Crippen molar-refractivity contribution in [2.75, 3.05) is 19.8 Å². The first-order valence-corrected chi connectivity index (χ1v) is 8.34. The first kappa shape index (κ1) is 17.4.